The van der Waals surface area contributed by atoms with E-state index in [9.17, 15) is 9.59 Å². The Morgan fingerprint density at radius 1 is 1.26 bits per heavy atom. The van der Waals surface area contributed by atoms with Gasteiger partial charge in [0.2, 0.25) is 0 Å². The molecule has 0 radical (unpaired) electrons. The number of fused-ring (bicyclic) bond motifs is 1. The lowest BCUT2D eigenvalue weighted by molar-refractivity contribution is -0.142. The summed E-state index contributed by atoms with van der Waals surface area (Å²) in [5, 5.41) is 4.99. The Morgan fingerprint density at radius 2 is 2.00 bits per heavy atom. The highest BCUT2D eigenvalue weighted by Crippen LogP contribution is 2.27. The second kappa shape index (κ2) is 8.01. The van der Waals surface area contributed by atoms with Gasteiger partial charge in [0, 0.05) is 11.9 Å². The van der Waals surface area contributed by atoms with Crippen LogP contribution in [0.3, 0.4) is 0 Å². The smallest absolute Gasteiger partial charge is 0.343 e. The molecule has 0 aromatic carbocycles. The molecule has 0 aliphatic carbocycles. The van der Waals surface area contributed by atoms with Crippen LogP contribution in [0, 0.1) is 6.92 Å². The highest BCUT2D eigenvalue weighted by molar-refractivity contribution is 7.99. The molecule has 0 fully saturated rings. The number of rotatable bonds is 7. The molecule has 7 heteroatoms. The standard InChI is InChI=1S/C16H20N2O4S/c1-4-21-13(19)7-9-23-15-14(16(20)22-5-2)12-10-11(3)6-8-18(12)17-15/h6,8,10H,4-5,7,9H2,1-3H3. The summed E-state index contributed by atoms with van der Waals surface area (Å²) in [5.74, 6) is -0.155. The van der Waals surface area contributed by atoms with E-state index in [1.54, 1.807) is 18.4 Å². The molecule has 0 spiro atoms. The van der Waals surface area contributed by atoms with Gasteiger partial charge < -0.3 is 9.47 Å². The molecule has 6 nitrogen and oxygen atoms in total. The van der Waals surface area contributed by atoms with Gasteiger partial charge >= 0.3 is 11.9 Å². The largest absolute Gasteiger partial charge is 0.466 e. The van der Waals surface area contributed by atoms with E-state index < -0.39 is 5.97 Å². The van der Waals surface area contributed by atoms with Gasteiger partial charge in [0.25, 0.3) is 0 Å². The fourth-order valence-electron chi connectivity index (χ4n) is 2.09. The first-order valence-corrected chi connectivity index (χ1v) is 8.49. The molecule has 23 heavy (non-hydrogen) atoms. The van der Waals surface area contributed by atoms with Crippen molar-refractivity contribution in [2.45, 2.75) is 32.2 Å². The Labute approximate surface area is 139 Å². The van der Waals surface area contributed by atoms with Crippen molar-refractivity contribution in [3.63, 3.8) is 0 Å². The van der Waals surface area contributed by atoms with Crippen LogP contribution in [0.25, 0.3) is 5.52 Å². The zero-order valence-corrected chi connectivity index (χ0v) is 14.3. The summed E-state index contributed by atoms with van der Waals surface area (Å²) < 4.78 is 11.7. The highest BCUT2D eigenvalue weighted by atomic mass is 32.2. The van der Waals surface area contributed by atoms with Gasteiger partial charge in [0.15, 0.2) is 0 Å². The Balaban J connectivity index is 2.25. The fraction of sp³-hybridized carbons (Fsp3) is 0.438. The van der Waals surface area contributed by atoms with Crippen molar-refractivity contribution < 1.29 is 19.1 Å². The number of carbonyl (C=O) groups is 2. The number of pyridine rings is 1. The predicted molar refractivity (Wildman–Crippen MR) is 87.9 cm³/mol. The number of nitrogens with zero attached hydrogens (tertiary/aromatic N) is 2. The number of thioether (sulfide) groups is 1. The summed E-state index contributed by atoms with van der Waals surface area (Å²) in [7, 11) is 0. The molecule has 0 N–H and O–H groups in total. The molecule has 2 aromatic rings. The van der Waals surface area contributed by atoms with Gasteiger partial charge in [-0.15, -0.1) is 11.8 Å². The molecule has 0 bridgehead atoms. The van der Waals surface area contributed by atoms with Crippen LogP contribution in [0.2, 0.25) is 0 Å². The maximum atomic E-state index is 12.3. The van der Waals surface area contributed by atoms with Crippen molar-refractivity contribution in [2.75, 3.05) is 19.0 Å². The first-order valence-electron chi connectivity index (χ1n) is 7.51. The summed E-state index contributed by atoms with van der Waals surface area (Å²) in [6.07, 6.45) is 2.08. The van der Waals surface area contributed by atoms with E-state index >= 15 is 0 Å². The van der Waals surface area contributed by atoms with E-state index in [0.717, 1.165) is 5.56 Å². The monoisotopic (exact) mass is 336 g/mol. The molecule has 0 unspecified atom stereocenters. The third-order valence-corrected chi connectivity index (χ3v) is 4.06. The van der Waals surface area contributed by atoms with Gasteiger partial charge in [0.1, 0.15) is 10.6 Å². The molecule has 0 amide bonds. The normalized spacial score (nSPS) is 10.7. The third-order valence-electron chi connectivity index (χ3n) is 3.09. The summed E-state index contributed by atoms with van der Waals surface area (Å²) in [6, 6.07) is 3.82. The van der Waals surface area contributed by atoms with E-state index in [1.165, 1.54) is 11.8 Å². The summed E-state index contributed by atoms with van der Waals surface area (Å²) in [4.78, 5) is 23.7. The number of esters is 2. The molecule has 0 aliphatic rings. The fourth-order valence-corrected chi connectivity index (χ4v) is 3.03. The van der Waals surface area contributed by atoms with E-state index in [1.807, 2.05) is 25.3 Å². The van der Waals surface area contributed by atoms with Crippen LogP contribution in [0.1, 0.15) is 36.2 Å². The van der Waals surface area contributed by atoms with Gasteiger partial charge in [-0.1, -0.05) is 0 Å². The topological polar surface area (TPSA) is 69.9 Å². The van der Waals surface area contributed by atoms with Crippen LogP contribution < -0.4 is 0 Å². The number of hydrogen-bond donors (Lipinski definition) is 0. The Hall–Kier alpha value is -2.02. The molecule has 0 aliphatic heterocycles. The van der Waals surface area contributed by atoms with Crippen molar-refractivity contribution in [2.24, 2.45) is 0 Å². The number of aromatic nitrogens is 2. The molecule has 2 aromatic heterocycles. The summed E-state index contributed by atoms with van der Waals surface area (Å²) in [5.41, 5.74) is 2.19. The minimum atomic E-state index is -0.397. The van der Waals surface area contributed by atoms with Crippen LogP contribution in [-0.2, 0) is 14.3 Å². The van der Waals surface area contributed by atoms with Crippen LogP contribution in [0.5, 0.6) is 0 Å². The van der Waals surface area contributed by atoms with Gasteiger partial charge in [-0.3, -0.25) is 4.79 Å². The highest BCUT2D eigenvalue weighted by Gasteiger charge is 2.21. The van der Waals surface area contributed by atoms with Crippen molar-refractivity contribution in [3.8, 4) is 0 Å². The Morgan fingerprint density at radius 3 is 2.70 bits per heavy atom. The summed E-state index contributed by atoms with van der Waals surface area (Å²) >= 11 is 1.35. The van der Waals surface area contributed by atoms with Crippen molar-refractivity contribution in [1.29, 1.82) is 0 Å². The Bertz CT molecular complexity index is 711. The quantitative estimate of drug-likeness (QED) is 0.572. The van der Waals surface area contributed by atoms with E-state index in [2.05, 4.69) is 5.10 Å². The first kappa shape index (κ1) is 17.3. The van der Waals surface area contributed by atoms with Gasteiger partial charge in [-0.2, -0.15) is 5.10 Å². The van der Waals surface area contributed by atoms with Gasteiger partial charge in [-0.25, -0.2) is 9.31 Å². The van der Waals surface area contributed by atoms with Gasteiger partial charge in [0.05, 0.1) is 25.2 Å². The first-order chi connectivity index (χ1) is 11.1. The van der Waals surface area contributed by atoms with E-state index in [4.69, 9.17) is 9.47 Å². The number of aryl methyl sites for hydroxylation is 1. The summed E-state index contributed by atoms with van der Waals surface area (Å²) in [6.45, 7) is 6.16. The molecule has 2 rings (SSSR count). The Kier molecular flexibility index (Phi) is 6.04. The maximum Gasteiger partial charge on any atom is 0.343 e. The van der Waals surface area contributed by atoms with Crippen LogP contribution >= 0.6 is 11.8 Å². The molecular formula is C16H20N2O4S. The average Bonchev–Trinajstić information content (AvgIpc) is 2.85. The number of carbonyl (C=O) groups excluding carboxylic acids is 2. The predicted octanol–water partition coefficient (Wildman–Crippen LogP) is 2.86. The van der Waals surface area contributed by atoms with E-state index in [0.29, 0.717) is 35.1 Å². The van der Waals surface area contributed by atoms with Crippen LogP contribution in [0.4, 0.5) is 0 Å². The lowest BCUT2D eigenvalue weighted by Crippen LogP contribution is -2.07. The minimum absolute atomic E-state index is 0.253. The molecule has 0 atom stereocenters. The average molecular weight is 336 g/mol. The molecule has 124 valence electrons. The van der Waals surface area contributed by atoms with Crippen LogP contribution in [0.15, 0.2) is 23.4 Å². The molecular weight excluding hydrogens is 316 g/mol. The lowest BCUT2D eigenvalue weighted by atomic mass is 10.2. The second-order valence-corrected chi connectivity index (χ2v) is 5.92. The minimum Gasteiger partial charge on any atom is -0.466 e. The van der Waals surface area contributed by atoms with Gasteiger partial charge in [-0.05, 0) is 38.5 Å². The molecule has 0 saturated carbocycles. The van der Waals surface area contributed by atoms with Crippen LogP contribution in [-0.4, -0.2) is 40.5 Å². The van der Waals surface area contributed by atoms with Crippen molar-refractivity contribution in [3.05, 3.63) is 29.5 Å². The lowest BCUT2D eigenvalue weighted by Gasteiger charge is -2.03. The second-order valence-electron chi connectivity index (χ2n) is 4.84. The van der Waals surface area contributed by atoms with Crippen molar-refractivity contribution in [1.82, 2.24) is 9.61 Å². The van der Waals surface area contributed by atoms with Crippen molar-refractivity contribution >= 4 is 29.2 Å². The number of ether oxygens (including phenoxy) is 2. The zero-order valence-electron chi connectivity index (χ0n) is 13.5. The zero-order chi connectivity index (χ0) is 16.8. The third kappa shape index (κ3) is 4.25. The number of hydrogen-bond acceptors (Lipinski definition) is 6. The SMILES string of the molecule is CCOC(=O)CCSc1nn2ccc(C)cc2c1C(=O)OCC. The maximum absolute atomic E-state index is 12.3. The van der Waals surface area contributed by atoms with E-state index in [-0.39, 0.29) is 12.4 Å². The molecule has 0 saturated heterocycles. The molecule has 2 heterocycles.